The minimum Gasteiger partial charge on any atom is -0.492 e. The predicted octanol–water partition coefficient (Wildman–Crippen LogP) is 3.71. The Morgan fingerprint density at radius 1 is 1.03 bits per heavy atom. The lowest BCUT2D eigenvalue weighted by Crippen LogP contribution is -2.25. The fourth-order valence-electron chi connectivity index (χ4n) is 4.07. The summed E-state index contributed by atoms with van der Waals surface area (Å²) in [7, 11) is 0. The number of nitrogens with zero attached hydrogens (tertiary/aromatic N) is 4. The van der Waals surface area contributed by atoms with E-state index in [1.54, 1.807) is 22.7 Å². The normalized spacial score (nSPS) is 13.9. The number of hydrogen-bond acceptors (Lipinski definition) is 6. The highest BCUT2D eigenvalue weighted by atomic mass is 16.5. The van der Waals surface area contributed by atoms with E-state index >= 15 is 0 Å². The van der Waals surface area contributed by atoms with E-state index in [2.05, 4.69) is 20.3 Å². The van der Waals surface area contributed by atoms with Gasteiger partial charge in [-0.05, 0) is 74.5 Å². The largest absolute Gasteiger partial charge is 0.492 e. The van der Waals surface area contributed by atoms with Gasteiger partial charge in [0, 0.05) is 23.4 Å². The average Bonchev–Trinajstić information content (AvgIpc) is 3.49. The number of benzene rings is 2. The Bertz CT molecular complexity index is 1260. The van der Waals surface area contributed by atoms with Crippen molar-refractivity contribution in [1.29, 1.82) is 0 Å². The molecule has 0 saturated carbocycles. The van der Waals surface area contributed by atoms with Gasteiger partial charge in [0.05, 0.1) is 5.69 Å². The highest BCUT2D eigenvalue weighted by molar-refractivity contribution is 5.94. The molecule has 0 radical (unpaired) electrons. The second-order valence-corrected chi connectivity index (χ2v) is 8.11. The molecule has 33 heavy (non-hydrogen) atoms. The van der Waals surface area contributed by atoms with Crippen molar-refractivity contribution in [2.75, 3.05) is 31.6 Å². The minimum atomic E-state index is -0.464. The topological polar surface area (TPSA) is 97.8 Å². The maximum atomic E-state index is 11.6. The Kier molecular flexibility index (Phi) is 5.91. The van der Waals surface area contributed by atoms with Gasteiger partial charge in [0.1, 0.15) is 12.4 Å². The molecule has 8 nitrogen and oxygen atoms in total. The zero-order valence-corrected chi connectivity index (χ0v) is 18.3. The smallest absolute Gasteiger partial charge is 0.248 e. The van der Waals surface area contributed by atoms with Crippen molar-refractivity contribution in [3.8, 4) is 17.0 Å². The van der Waals surface area contributed by atoms with E-state index in [1.165, 1.54) is 25.9 Å². The summed E-state index contributed by atoms with van der Waals surface area (Å²) in [6.45, 7) is 4.02. The number of rotatable bonds is 8. The second-order valence-electron chi connectivity index (χ2n) is 8.11. The van der Waals surface area contributed by atoms with Crippen molar-refractivity contribution in [2.45, 2.75) is 12.8 Å². The summed E-state index contributed by atoms with van der Waals surface area (Å²) in [4.78, 5) is 18.6. The number of amides is 1. The van der Waals surface area contributed by atoms with Crippen molar-refractivity contribution in [2.24, 2.45) is 5.73 Å². The van der Waals surface area contributed by atoms with Gasteiger partial charge >= 0.3 is 0 Å². The fraction of sp³-hybridized carbons (Fsp3) is 0.240. The molecular weight excluding hydrogens is 416 g/mol. The van der Waals surface area contributed by atoms with Crippen LogP contribution in [0.1, 0.15) is 23.2 Å². The van der Waals surface area contributed by atoms with Crippen LogP contribution in [0.4, 0.5) is 11.6 Å². The SMILES string of the molecule is NC(=O)c1cccc(-c2cccc3nc(Nc4ccc(OCCN5CCCC5)cc4)nn23)c1. The van der Waals surface area contributed by atoms with Gasteiger partial charge in [0.25, 0.3) is 0 Å². The first-order valence-corrected chi connectivity index (χ1v) is 11.1. The second kappa shape index (κ2) is 9.30. The summed E-state index contributed by atoms with van der Waals surface area (Å²) in [5.41, 5.74) is 9.10. The lowest BCUT2D eigenvalue weighted by atomic mass is 10.1. The third-order valence-corrected chi connectivity index (χ3v) is 5.79. The first-order valence-electron chi connectivity index (χ1n) is 11.1. The number of fused-ring (bicyclic) bond motifs is 1. The molecular formula is C25H26N6O2. The monoisotopic (exact) mass is 442 g/mol. The number of primary amides is 1. The number of aromatic nitrogens is 3. The molecule has 0 bridgehead atoms. The van der Waals surface area contributed by atoms with Crippen LogP contribution in [0.3, 0.4) is 0 Å². The predicted molar refractivity (Wildman–Crippen MR) is 128 cm³/mol. The van der Waals surface area contributed by atoms with Crippen molar-refractivity contribution in [3.63, 3.8) is 0 Å². The molecule has 0 atom stereocenters. The summed E-state index contributed by atoms with van der Waals surface area (Å²) in [6, 6.07) is 20.7. The lowest BCUT2D eigenvalue weighted by Gasteiger charge is -2.15. The molecule has 1 aliphatic rings. The summed E-state index contributed by atoms with van der Waals surface area (Å²) in [6.07, 6.45) is 2.58. The molecule has 1 amide bonds. The Morgan fingerprint density at radius 3 is 2.61 bits per heavy atom. The molecule has 2 aromatic heterocycles. The minimum absolute atomic E-state index is 0.450. The highest BCUT2D eigenvalue weighted by Gasteiger charge is 2.12. The molecule has 4 aromatic rings. The van der Waals surface area contributed by atoms with Gasteiger partial charge in [-0.2, -0.15) is 4.98 Å². The molecule has 1 aliphatic heterocycles. The number of nitrogens with one attached hydrogen (secondary N) is 1. The van der Waals surface area contributed by atoms with Gasteiger partial charge in [0.2, 0.25) is 11.9 Å². The van der Waals surface area contributed by atoms with Gasteiger partial charge < -0.3 is 15.8 Å². The Hall–Kier alpha value is -3.91. The van der Waals surface area contributed by atoms with Crippen LogP contribution < -0.4 is 15.8 Å². The molecule has 3 heterocycles. The van der Waals surface area contributed by atoms with Crippen molar-refractivity contribution >= 4 is 23.2 Å². The van der Waals surface area contributed by atoms with E-state index < -0.39 is 5.91 Å². The number of ether oxygens (including phenoxy) is 1. The van der Waals surface area contributed by atoms with E-state index in [-0.39, 0.29) is 0 Å². The summed E-state index contributed by atoms with van der Waals surface area (Å²) in [5.74, 6) is 0.865. The van der Waals surface area contributed by atoms with Crippen LogP contribution in [0.15, 0.2) is 66.7 Å². The number of carbonyl (C=O) groups is 1. The zero-order chi connectivity index (χ0) is 22.6. The van der Waals surface area contributed by atoms with Crippen molar-refractivity contribution in [3.05, 3.63) is 72.3 Å². The van der Waals surface area contributed by atoms with Crippen LogP contribution in [0.5, 0.6) is 5.75 Å². The van der Waals surface area contributed by atoms with Crippen molar-refractivity contribution in [1.82, 2.24) is 19.5 Å². The molecule has 1 saturated heterocycles. The van der Waals surface area contributed by atoms with Gasteiger partial charge in [-0.25, -0.2) is 4.52 Å². The van der Waals surface area contributed by atoms with Crippen LogP contribution >= 0.6 is 0 Å². The highest BCUT2D eigenvalue weighted by Crippen LogP contribution is 2.24. The molecule has 0 aliphatic carbocycles. The Balaban J connectivity index is 1.29. The van der Waals surface area contributed by atoms with Gasteiger partial charge in [-0.15, -0.1) is 5.10 Å². The van der Waals surface area contributed by atoms with Crippen LogP contribution in [-0.2, 0) is 0 Å². The van der Waals surface area contributed by atoms with E-state index in [0.717, 1.165) is 29.2 Å². The van der Waals surface area contributed by atoms with Crippen LogP contribution in [-0.4, -0.2) is 51.6 Å². The summed E-state index contributed by atoms with van der Waals surface area (Å²) < 4.78 is 7.62. The first-order chi connectivity index (χ1) is 16.2. The lowest BCUT2D eigenvalue weighted by molar-refractivity contribution is 0.100. The fourth-order valence-corrected chi connectivity index (χ4v) is 4.07. The van der Waals surface area contributed by atoms with E-state index in [0.29, 0.717) is 23.8 Å². The molecule has 2 aromatic carbocycles. The molecule has 0 unspecified atom stereocenters. The average molecular weight is 443 g/mol. The number of anilines is 2. The maximum absolute atomic E-state index is 11.6. The summed E-state index contributed by atoms with van der Waals surface area (Å²) in [5, 5.41) is 7.87. The molecule has 0 spiro atoms. The number of likely N-dealkylation sites (tertiary alicyclic amines) is 1. The van der Waals surface area contributed by atoms with E-state index in [4.69, 9.17) is 10.5 Å². The molecule has 1 fully saturated rings. The third kappa shape index (κ3) is 4.80. The standard InChI is InChI=1S/C25H26N6O2/c26-24(32)19-6-3-5-18(17-19)22-7-4-8-23-28-25(29-31(22)23)27-20-9-11-21(12-10-20)33-16-15-30-13-1-2-14-30/h3-12,17H,1-2,13-16H2,(H2,26,32)(H,27,29). The van der Waals surface area contributed by atoms with Gasteiger partial charge in [-0.3, -0.25) is 9.69 Å². The van der Waals surface area contributed by atoms with Crippen LogP contribution in [0, 0.1) is 0 Å². The first kappa shape index (κ1) is 21.0. The maximum Gasteiger partial charge on any atom is 0.248 e. The van der Waals surface area contributed by atoms with E-state index in [9.17, 15) is 4.79 Å². The number of carbonyl (C=O) groups excluding carboxylic acids is 1. The van der Waals surface area contributed by atoms with Crippen LogP contribution in [0.25, 0.3) is 16.9 Å². The van der Waals surface area contributed by atoms with Crippen LogP contribution in [0.2, 0.25) is 0 Å². The van der Waals surface area contributed by atoms with Gasteiger partial charge in [-0.1, -0.05) is 18.2 Å². The molecule has 8 heteroatoms. The van der Waals surface area contributed by atoms with E-state index in [1.807, 2.05) is 48.5 Å². The molecule has 3 N–H and O–H groups in total. The number of hydrogen-bond donors (Lipinski definition) is 2. The molecule has 168 valence electrons. The number of nitrogens with two attached hydrogens (primary N) is 1. The number of pyridine rings is 1. The Morgan fingerprint density at radius 2 is 1.82 bits per heavy atom. The summed E-state index contributed by atoms with van der Waals surface area (Å²) >= 11 is 0. The van der Waals surface area contributed by atoms with Crippen molar-refractivity contribution < 1.29 is 9.53 Å². The zero-order valence-electron chi connectivity index (χ0n) is 18.3. The third-order valence-electron chi connectivity index (χ3n) is 5.79. The molecule has 5 rings (SSSR count). The quantitative estimate of drug-likeness (QED) is 0.432. The van der Waals surface area contributed by atoms with Gasteiger partial charge in [0.15, 0.2) is 5.65 Å². The Labute approximate surface area is 192 Å².